The Morgan fingerprint density at radius 2 is 1.97 bits per heavy atom. The molecule has 1 amide bonds. The van der Waals surface area contributed by atoms with E-state index in [4.69, 9.17) is 14.2 Å². The highest BCUT2D eigenvalue weighted by atomic mass is 16.5. The number of benzene rings is 1. The largest absolute Gasteiger partial charge is 0.493 e. The van der Waals surface area contributed by atoms with Gasteiger partial charge in [0.2, 0.25) is 0 Å². The summed E-state index contributed by atoms with van der Waals surface area (Å²) < 4.78 is 17.1. The van der Waals surface area contributed by atoms with Gasteiger partial charge in [-0.05, 0) is 63.1 Å². The van der Waals surface area contributed by atoms with Crippen LogP contribution in [0.3, 0.4) is 0 Å². The van der Waals surface area contributed by atoms with Gasteiger partial charge in [-0.25, -0.2) is 4.79 Å². The van der Waals surface area contributed by atoms with Crippen LogP contribution in [0.15, 0.2) is 18.2 Å². The van der Waals surface area contributed by atoms with Gasteiger partial charge < -0.3 is 19.5 Å². The summed E-state index contributed by atoms with van der Waals surface area (Å²) in [5.41, 5.74) is 0.0588. The highest BCUT2D eigenvalue weighted by Gasteiger charge is 2.42. The van der Waals surface area contributed by atoms with Crippen molar-refractivity contribution in [2.24, 2.45) is 5.92 Å². The highest BCUT2D eigenvalue weighted by molar-refractivity contribution is 5.99. The van der Waals surface area contributed by atoms with Gasteiger partial charge in [0.1, 0.15) is 16.9 Å². The Kier molecular flexibility index (Phi) is 9.63. The van der Waals surface area contributed by atoms with E-state index in [1.54, 1.807) is 25.1 Å². The zero-order valence-electron chi connectivity index (χ0n) is 18.9. The lowest BCUT2D eigenvalue weighted by Crippen LogP contribution is -2.48. The number of amides is 1. The highest BCUT2D eigenvalue weighted by Crippen LogP contribution is 2.36. The molecule has 2 atom stereocenters. The van der Waals surface area contributed by atoms with Gasteiger partial charge in [-0.3, -0.25) is 4.79 Å². The van der Waals surface area contributed by atoms with Crippen LogP contribution in [0.5, 0.6) is 5.75 Å². The molecule has 0 aromatic heterocycles. The molecule has 1 aliphatic carbocycles. The molecular formula is C24H37NO5. The smallest absolute Gasteiger partial charge is 0.341 e. The Morgan fingerprint density at radius 3 is 2.63 bits per heavy atom. The van der Waals surface area contributed by atoms with E-state index in [-0.39, 0.29) is 12.5 Å². The minimum absolute atomic E-state index is 0.142. The quantitative estimate of drug-likeness (QED) is 0.386. The molecule has 2 rings (SSSR count). The Bertz CT molecular complexity index is 705. The van der Waals surface area contributed by atoms with Crippen LogP contribution in [0.2, 0.25) is 0 Å². The molecule has 0 spiro atoms. The van der Waals surface area contributed by atoms with E-state index >= 15 is 0 Å². The molecule has 30 heavy (non-hydrogen) atoms. The maximum absolute atomic E-state index is 13.3. The molecule has 0 saturated heterocycles. The second-order valence-electron chi connectivity index (χ2n) is 8.13. The number of hydrogen-bond acceptors (Lipinski definition) is 5. The zero-order chi connectivity index (χ0) is 22.0. The molecule has 0 radical (unpaired) electrons. The van der Waals surface area contributed by atoms with Gasteiger partial charge in [0.15, 0.2) is 0 Å². The minimum atomic E-state index is -0.811. The number of carbonyl (C=O) groups excluding carboxylic acids is 2. The second kappa shape index (κ2) is 11.9. The molecule has 1 aliphatic rings. The molecule has 1 saturated carbocycles. The number of nitrogens with one attached hydrogen (secondary N) is 1. The third-order valence-corrected chi connectivity index (χ3v) is 5.44. The molecule has 168 valence electrons. The van der Waals surface area contributed by atoms with Crippen LogP contribution in [-0.2, 0) is 14.3 Å². The lowest BCUT2D eigenvalue weighted by molar-refractivity contribution is -0.148. The first-order valence-electron chi connectivity index (χ1n) is 11.3. The fraction of sp³-hybridized carbons (Fsp3) is 0.667. The average Bonchev–Trinajstić information content (AvgIpc) is 2.73. The van der Waals surface area contributed by atoms with Crippen molar-refractivity contribution in [2.45, 2.75) is 78.2 Å². The molecule has 2 unspecified atom stereocenters. The number of ether oxygens (including phenoxy) is 3. The van der Waals surface area contributed by atoms with Gasteiger partial charge >= 0.3 is 5.97 Å². The van der Waals surface area contributed by atoms with Crippen LogP contribution in [-0.4, -0.2) is 37.3 Å². The average molecular weight is 420 g/mol. The van der Waals surface area contributed by atoms with Crippen molar-refractivity contribution in [1.29, 1.82) is 0 Å². The Labute approximate surface area is 180 Å². The van der Waals surface area contributed by atoms with Crippen LogP contribution in [0.1, 0.15) is 83.0 Å². The van der Waals surface area contributed by atoms with Crippen LogP contribution in [0, 0.1) is 5.92 Å². The molecule has 6 heteroatoms. The zero-order valence-corrected chi connectivity index (χ0v) is 18.9. The third-order valence-electron chi connectivity index (χ3n) is 5.44. The summed E-state index contributed by atoms with van der Waals surface area (Å²) in [4.78, 5) is 25.7. The molecule has 1 aromatic carbocycles. The van der Waals surface area contributed by atoms with E-state index in [1.807, 2.05) is 6.92 Å². The van der Waals surface area contributed by atoms with E-state index in [9.17, 15) is 9.59 Å². The molecule has 1 aromatic rings. The maximum atomic E-state index is 13.3. The van der Waals surface area contributed by atoms with Gasteiger partial charge in [0.25, 0.3) is 5.91 Å². The van der Waals surface area contributed by atoms with Gasteiger partial charge in [0.05, 0.1) is 13.2 Å². The number of esters is 1. The van der Waals surface area contributed by atoms with Crippen molar-refractivity contribution in [2.75, 3.05) is 25.1 Å². The van der Waals surface area contributed by atoms with E-state index in [0.29, 0.717) is 49.0 Å². The first-order valence-corrected chi connectivity index (χ1v) is 11.3. The van der Waals surface area contributed by atoms with Crippen molar-refractivity contribution < 1.29 is 23.8 Å². The Hall–Kier alpha value is -2.08. The van der Waals surface area contributed by atoms with Crippen molar-refractivity contribution in [3.05, 3.63) is 23.8 Å². The normalized spacial score (nSPS) is 21.1. The molecule has 1 fully saturated rings. The summed E-state index contributed by atoms with van der Waals surface area (Å²) in [7, 11) is 0. The van der Waals surface area contributed by atoms with Crippen LogP contribution in [0.4, 0.5) is 5.69 Å². The maximum Gasteiger partial charge on any atom is 0.341 e. The number of rotatable bonds is 11. The minimum Gasteiger partial charge on any atom is -0.493 e. The fourth-order valence-electron chi connectivity index (χ4n) is 3.88. The number of unbranched alkanes of at least 4 members (excludes halogenated alkanes) is 1. The summed E-state index contributed by atoms with van der Waals surface area (Å²) in [6.45, 7) is 9.41. The van der Waals surface area contributed by atoms with Crippen molar-refractivity contribution in [3.63, 3.8) is 0 Å². The van der Waals surface area contributed by atoms with E-state index in [0.717, 1.165) is 32.1 Å². The van der Waals surface area contributed by atoms with E-state index in [2.05, 4.69) is 19.2 Å². The summed E-state index contributed by atoms with van der Waals surface area (Å²) in [5.74, 6) is 0.314. The third kappa shape index (κ3) is 6.46. The molecule has 0 aliphatic heterocycles. The first-order chi connectivity index (χ1) is 14.5. The Balaban J connectivity index is 2.23. The molecule has 0 bridgehead atoms. The second-order valence-corrected chi connectivity index (χ2v) is 8.13. The van der Waals surface area contributed by atoms with Crippen molar-refractivity contribution in [3.8, 4) is 5.75 Å². The van der Waals surface area contributed by atoms with Crippen molar-refractivity contribution >= 4 is 17.6 Å². The first kappa shape index (κ1) is 24.2. The molecule has 6 nitrogen and oxygen atoms in total. The SMILES string of the molecule is CCCCOc1ccc(NC(=O)C2(OCCC)CCCC(C)C2)cc1C(=O)OCC. The van der Waals surface area contributed by atoms with Gasteiger partial charge in [0, 0.05) is 12.3 Å². The fourth-order valence-corrected chi connectivity index (χ4v) is 3.88. The van der Waals surface area contributed by atoms with Crippen LogP contribution < -0.4 is 10.1 Å². The predicted octanol–water partition coefficient (Wildman–Crippen LogP) is 5.36. The van der Waals surface area contributed by atoms with Crippen LogP contribution >= 0.6 is 0 Å². The monoisotopic (exact) mass is 419 g/mol. The van der Waals surface area contributed by atoms with Gasteiger partial charge in [-0.15, -0.1) is 0 Å². The standard InChI is InChI=1S/C24H37NO5/c1-5-8-15-29-21-12-11-19(16-20(21)22(26)28-7-3)25-23(27)24(30-14-6-2)13-9-10-18(4)17-24/h11-12,16,18H,5-10,13-15,17H2,1-4H3,(H,25,27). The predicted molar refractivity (Wildman–Crippen MR) is 118 cm³/mol. The number of carbonyl (C=O) groups is 2. The summed E-state index contributed by atoms with van der Waals surface area (Å²) in [6, 6.07) is 5.12. The van der Waals surface area contributed by atoms with Crippen LogP contribution in [0.25, 0.3) is 0 Å². The molecule has 0 heterocycles. The van der Waals surface area contributed by atoms with Gasteiger partial charge in [-0.1, -0.05) is 33.6 Å². The van der Waals surface area contributed by atoms with E-state index in [1.165, 1.54) is 0 Å². The van der Waals surface area contributed by atoms with Crippen molar-refractivity contribution in [1.82, 2.24) is 0 Å². The lowest BCUT2D eigenvalue weighted by Gasteiger charge is -2.38. The summed E-state index contributed by atoms with van der Waals surface area (Å²) >= 11 is 0. The number of anilines is 1. The molecule has 1 N–H and O–H groups in total. The lowest BCUT2D eigenvalue weighted by atomic mass is 9.78. The van der Waals surface area contributed by atoms with E-state index < -0.39 is 11.6 Å². The topological polar surface area (TPSA) is 73.9 Å². The van der Waals surface area contributed by atoms with Gasteiger partial charge in [-0.2, -0.15) is 0 Å². The summed E-state index contributed by atoms with van der Waals surface area (Å²) in [5, 5.41) is 2.99. The summed E-state index contributed by atoms with van der Waals surface area (Å²) in [6.07, 6.45) is 6.27. The Morgan fingerprint density at radius 1 is 1.17 bits per heavy atom. The molecular weight excluding hydrogens is 382 g/mol. The number of hydrogen-bond donors (Lipinski definition) is 1.